The number of hydrogen-bond acceptors (Lipinski definition) is 5. The molecule has 0 aliphatic carbocycles. The Morgan fingerprint density at radius 1 is 1.37 bits per heavy atom. The summed E-state index contributed by atoms with van der Waals surface area (Å²) in [6.45, 7) is 6.57. The number of carbonyl (C=O) groups is 1. The second-order valence-corrected chi connectivity index (χ2v) is 3.85. The third kappa shape index (κ3) is 6.22. The van der Waals surface area contributed by atoms with Crippen molar-refractivity contribution in [1.29, 1.82) is 0 Å². The van der Waals surface area contributed by atoms with Gasteiger partial charge in [-0.1, -0.05) is 12.1 Å². The first-order chi connectivity index (χ1) is 9.19. The summed E-state index contributed by atoms with van der Waals surface area (Å²) in [5, 5.41) is 9.33. The molecule has 0 amide bonds. The summed E-state index contributed by atoms with van der Waals surface area (Å²) in [6, 6.07) is 6.29. The SMILES string of the molecule is CCOCC.O=C(OCC1CO1)c1ccccc1O. The number of carbonyl (C=O) groups excluding carboxylic acids is 1. The Morgan fingerprint density at radius 3 is 2.47 bits per heavy atom. The molecule has 106 valence electrons. The van der Waals surface area contributed by atoms with Gasteiger partial charge in [-0.15, -0.1) is 0 Å². The molecule has 1 aliphatic rings. The van der Waals surface area contributed by atoms with Crippen LogP contribution in [0, 0.1) is 0 Å². The van der Waals surface area contributed by atoms with Crippen molar-refractivity contribution in [2.24, 2.45) is 0 Å². The van der Waals surface area contributed by atoms with Crippen molar-refractivity contribution >= 4 is 5.97 Å². The number of phenols is 1. The minimum Gasteiger partial charge on any atom is -0.507 e. The van der Waals surface area contributed by atoms with Gasteiger partial charge in [0, 0.05) is 13.2 Å². The van der Waals surface area contributed by atoms with Gasteiger partial charge in [0.15, 0.2) is 0 Å². The summed E-state index contributed by atoms with van der Waals surface area (Å²) in [5.74, 6) is -0.576. The fourth-order valence-corrected chi connectivity index (χ4v) is 1.26. The van der Waals surface area contributed by atoms with Gasteiger partial charge in [0.2, 0.25) is 0 Å². The van der Waals surface area contributed by atoms with Crippen molar-refractivity contribution in [3.8, 4) is 5.75 Å². The number of hydrogen-bond donors (Lipinski definition) is 1. The first-order valence-corrected chi connectivity index (χ1v) is 6.33. The number of epoxide rings is 1. The Hall–Kier alpha value is -1.59. The third-order valence-corrected chi connectivity index (χ3v) is 2.33. The van der Waals surface area contributed by atoms with Crippen molar-refractivity contribution in [3.63, 3.8) is 0 Å². The molecule has 1 unspecified atom stereocenters. The van der Waals surface area contributed by atoms with Crippen molar-refractivity contribution in [2.45, 2.75) is 20.0 Å². The third-order valence-electron chi connectivity index (χ3n) is 2.33. The molecule has 1 N–H and O–H groups in total. The largest absolute Gasteiger partial charge is 0.507 e. The Balaban J connectivity index is 0.000000312. The highest BCUT2D eigenvalue weighted by atomic mass is 16.6. The summed E-state index contributed by atoms with van der Waals surface area (Å²) < 4.78 is 14.6. The van der Waals surface area contributed by atoms with Gasteiger partial charge in [0.1, 0.15) is 24.0 Å². The first kappa shape index (κ1) is 15.5. The molecule has 0 bridgehead atoms. The molecule has 1 fully saturated rings. The fourth-order valence-electron chi connectivity index (χ4n) is 1.26. The maximum atomic E-state index is 11.4. The molecular formula is C14H20O5. The zero-order valence-electron chi connectivity index (χ0n) is 11.3. The van der Waals surface area contributed by atoms with Crippen molar-refractivity contribution in [2.75, 3.05) is 26.4 Å². The van der Waals surface area contributed by atoms with Gasteiger partial charge in [-0.3, -0.25) is 0 Å². The van der Waals surface area contributed by atoms with E-state index in [1.165, 1.54) is 12.1 Å². The number of aromatic hydroxyl groups is 1. The van der Waals surface area contributed by atoms with E-state index in [0.29, 0.717) is 6.61 Å². The molecule has 5 heteroatoms. The van der Waals surface area contributed by atoms with Crippen molar-refractivity contribution < 1.29 is 24.1 Å². The van der Waals surface area contributed by atoms with Crippen LogP contribution in [0.1, 0.15) is 24.2 Å². The van der Waals surface area contributed by atoms with Crippen LogP contribution in [0.15, 0.2) is 24.3 Å². The molecule has 1 aromatic rings. The van der Waals surface area contributed by atoms with Gasteiger partial charge >= 0.3 is 5.97 Å². The maximum Gasteiger partial charge on any atom is 0.342 e. The molecule has 1 heterocycles. The minimum absolute atomic E-state index is 0.0461. The average molecular weight is 268 g/mol. The summed E-state index contributed by atoms with van der Waals surface area (Å²) in [5.41, 5.74) is 0.188. The van der Waals surface area contributed by atoms with Crippen LogP contribution in [-0.4, -0.2) is 43.6 Å². The molecule has 0 aromatic heterocycles. The second-order valence-electron chi connectivity index (χ2n) is 3.85. The average Bonchev–Trinajstić information content (AvgIpc) is 3.22. The van der Waals surface area contributed by atoms with E-state index < -0.39 is 5.97 Å². The van der Waals surface area contributed by atoms with Gasteiger partial charge in [-0.2, -0.15) is 0 Å². The predicted molar refractivity (Wildman–Crippen MR) is 70.3 cm³/mol. The molecule has 1 aliphatic heterocycles. The van der Waals surface area contributed by atoms with Crippen LogP contribution in [-0.2, 0) is 14.2 Å². The number of esters is 1. The van der Waals surface area contributed by atoms with Gasteiger partial charge in [0.25, 0.3) is 0 Å². The monoisotopic (exact) mass is 268 g/mol. The molecular weight excluding hydrogens is 248 g/mol. The Bertz CT molecular complexity index is 385. The van der Waals surface area contributed by atoms with Crippen molar-refractivity contribution in [3.05, 3.63) is 29.8 Å². The lowest BCUT2D eigenvalue weighted by atomic mass is 10.2. The number of phenolic OH excluding ortho intramolecular Hbond substituents is 1. The molecule has 0 radical (unpaired) electrons. The lowest BCUT2D eigenvalue weighted by molar-refractivity contribution is 0.0473. The van der Waals surface area contributed by atoms with Crippen LogP contribution >= 0.6 is 0 Å². The zero-order chi connectivity index (χ0) is 14.1. The Labute approximate surface area is 113 Å². The normalized spacial score (nSPS) is 16.2. The van der Waals surface area contributed by atoms with Gasteiger partial charge in [-0.25, -0.2) is 4.79 Å². The number of benzene rings is 1. The highest BCUT2D eigenvalue weighted by molar-refractivity contribution is 5.92. The Kier molecular flexibility index (Phi) is 6.92. The van der Waals surface area contributed by atoms with E-state index in [-0.39, 0.29) is 24.0 Å². The standard InChI is InChI=1S/C10H10O4.C4H10O/c11-9-4-2-1-3-8(9)10(12)14-6-7-5-13-7;1-3-5-4-2/h1-4,7,11H,5-6H2;3-4H2,1-2H3. The van der Waals surface area contributed by atoms with E-state index in [1.54, 1.807) is 12.1 Å². The molecule has 0 spiro atoms. The molecule has 0 saturated carbocycles. The minimum atomic E-state index is -0.515. The topological polar surface area (TPSA) is 68.3 Å². The fraction of sp³-hybridized carbons (Fsp3) is 0.500. The lowest BCUT2D eigenvalue weighted by Crippen LogP contribution is -2.10. The van der Waals surface area contributed by atoms with Gasteiger partial charge in [0.05, 0.1) is 6.61 Å². The van der Waals surface area contributed by atoms with E-state index in [0.717, 1.165) is 13.2 Å². The number of rotatable bonds is 5. The van der Waals surface area contributed by atoms with Crippen molar-refractivity contribution in [1.82, 2.24) is 0 Å². The summed E-state index contributed by atoms with van der Waals surface area (Å²) in [7, 11) is 0. The van der Waals surface area contributed by atoms with Crippen LogP contribution in [0.3, 0.4) is 0 Å². The maximum absolute atomic E-state index is 11.4. The highest BCUT2D eigenvalue weighted by Gasteiger charge is 2.25. The van der Waals surface area contributed by atoms with E-state index in [4.69, 9.17) is 14.2 Å². The molecule has 1 aromatic carbocycles. The van der Waals surface area contributed by atoms with E-state index in [2.05, 4.69) is 0 Å². The predicted octanol–water partition coefficient (Wildman–Crippen LogP) is 1.99. The van der Waals surface area contributed by atoms with E-state index in [1.807, 2.05) is 13.8 Å². The van der Waals surface area contributed by atoms with Crippen LogP contribution < -0.4 is 0 Å². The molecule has 1 saturated heterocycles. The Morgan fingerprint density at radius 2 is 2.00 bits per heavy atom. The molecule has 1 atom stereocenters. The highest BCUT2D eigenvalue weighted by Crippen LogP contribution is 2.17. The zero-order valence-corrected chi connectivity index (χ0v) is 11.3. The van der Waals surface area contributed by atoms with E-state index in [9.17, 15) is 9.90 Å². The van der Waals surface area contributed by atoms with E-state index >= 15 is 0 Å². The smallest absolute Gasteiger partial charge is 0.342 e. The van der Waals surface area contributed by atoms with Gasteiger partial charge in [-0.05, 0) is 26.0 Å². The summed E-state index contributed by atoms with van der Waals surface area (Å²) in [4.78, 5) is 11.4. The van der Waals surface area contributed by atoms with Crippen LogP contribution in [0.2, 0.25) is 0 Å². The second kappa shape index (κ2) is 8.50. The first-order valence-electron chi connectivity index (χ1n) is 6.33. The molecule has 2 rings (SSSR count). The molecule has 19 heavy (non-hydrogen) atoms. The summed E-state index contributed by atoms with van der Waals surface area (Å²) in [6.07, 6.45) is 0.0461. The van der Waals surface area contributed by atoms with Gasteiger partial charge < -0.3 is 19.3 Å². The number of para-hydroxylation sites is 1. The molecule has 5 nitrogen and oxygen atoms in total. The summed E-state index contributed by atoms with van der Waals surface area (Å²) >= 11 is 0. The van der Waals surface area contributed by atoms with Crippen LogP contribution in [0.4, 0.5) is 0 Å². The quantitative estimate of drug-likeness (QED) is 0.653. The van der Waals surface area contributed by atoms with Crippen LogP contribution in [0.25, 0.3) is 0 Å². The lowest BCUT2D eigenvalue weighted by Gasteiger charge is -2.03. The number of ether oxygens (including phenoxy) is 3. The van der Waals surface area contributed by atoms with Crippen LogP contribution in [0.5, 0.6) is 5.75 Å².